The van der Waals surface area contributed by atoms with Crippen LogP contribution in [0.5, 0.6) is 5.75 Å². The van der Waals surface area contributed by atoms with Gasteiger partial charge in [0.15, 0.2) is 0 Å². The van der Waals surface area contributed by atoms with Crippen LogP contribution in [0.25, 0.3) is 6.08 Å². The molecule has 0 heterocycles. The van der Waals surface area contributed by atoms with Crippen molar-refractivity contribution >= 4 is 12.0 Å². The van der Waals surface area contributed by atoms with Crippen molar-refractivity contribution in [2.45, 2.75) is 0 Å². The lowest BCUT2D eigenvalue weighted by Gasteiger charge is -2.08. The predicted molar refractivity (Wildman–Crippen MR) is 54.4 cm³/mol. The highest BCUT2D eigenvalue weighted by atomic mass is 16.5. The van der Waals surface area contributed by atoms with Crippen molar-refractivity contribution in [2.24, 2.45) is 0 Å². The summed E-state index contributed by atoms with van der Waals surface area (Å²) in [6.07, 6.45) is 1.59. The zero-order valence-corrected chi connectivity index (χ0v) is 8.24. The SMILES string of the molecule is C=Cc1cccc(OC)c1C(=O)OC. The maximum atomic E-state index is 11.4. The molecular formula is C11H12O3. The van der Waals surface area contributed by atoms with Crippen LogP contribution in [0, 0.1) is 0 Å². The molecule has 0 saturated carbocycles. The Morgan fingerprint density at radius 3 is 2.64 bits per heavy atom. The number of benzene rings is 1. The largest absolute Gasteiger partial charge is 0.496 e. The van der Waals surface area contributed by atoms with E-state index in [4.69, 9.17) is 4.74 Å². The van der Waals surface area contributed by atoms with Gasteiger partial charge in [-0.3, -0.25) is 0 Å². The standard InChI is InChI=1S/C11H12O3/c1-4-8-6-5-7-9(13-2)10(8)11(12)14-3/h4-7H,1H2,2-3H3. The second kappa shape index (κ2) is 4.46. The monoisotopic (exact) mass is 192 g/mol. The first-order valence-corrected chi connectivity index (χ1v) is 4.12. The first kappa shape index (κ1) is 10.3. The Morgan fingerprint density at radius 1 is 1.43 bits per heavy atom. The molecule has 0 saturated heterocycles. The number of methoxy groups -OCH3 is 2. The lowest BCUT2D eigenvalue weighted by atomic mass is 10.1. The zero-order valence-electron chi connectivity index (χ0n) is 8.24. The number of carbonyl (C=O) groups is 1. The molecule has 1 rings (SSSR count). The quantitative estimate of drug-likeness (QED) is 0.688. The molecule has 0 aromatic heterocycles. The van der Waals surface area contributed by atoms with Gasteiger partial charge in [-0.05, 0) is 11.6 Å². The van der Waals surface area contributed by atoms with Crippen LogP contribution >= 0.6 is 0 Å². The van der Waals surface area contributed by atoms with Gasteiger partial charge < -0.3 is 9.47 Å². The molecule has 0 aliphatic heterocycles. The number of carbonyl (C=O) groups excluding carboxylic acids is 1. The van der Waals surface area contributed by atoms with E-state index in [9.17, 15) is 4.79 Å². The van der Waals surface area contributed by atoms with E-state index in [2.05, 4.69) is 11.3 Å². The second-order valence-electron chi connectivity index (χ2n) is 2.62. The van der Waals surface area contributed by atoms with E-state index < -0.39 is 5.97 Å². The minimum Gasteiger partial charge on any atom is -0.496 e. The van der Waals surface area contributed by atoms with Crippen molar-refractivity contribution in [1.29, 1.82) is 0 Å². The van der Waals surface area contributed by atoms with Crippen LogP contribution in [-0.2, 0) is 4.74 Å². The maximum Gasteiger partial charge on any atom is 0.342 e. The molecule has 0 N–H and O–H groups in total. The molecule has 3 heteroatoms. The first-order valence-electron chi connectivity index (χ1n) is 4.12. The highest BCUT2D eigenvalue weighted by molar-refractivity contribution is 5.96. The van der Waals surface area contributed by atoms with Crippen molar-refractivity contribution in [3.63, 3.8) is 0 Å². The summed E-state index contributed by atoms with van der Waals surface area (Å²) in [7, 11) is 2.84. The van der Waals surface area contributed by atoms with E-state index in [1.807, 2.05) is 0 Å². The van der Waals surface area contributed by atoms with Crippen molar-refractivity contribution in [3.05, 3.63) is 35.9 Å². The third kappa shape index (κ3) is 1.76. The van der Waals surface area contributed by atoms with Crippen LogP contribution in [0.2, 0.25) is 0 Å². The maximum absolute atomic E-state index is 11.4. The van der Waals surface area contributed by atoms with Gasteiger partial charge in [0.1, 0.15) is 11.3 Å². The fraction of sp³-hybridized carbons (Fsp3) is 0.182. The van der Waals surface area contributed by atoms with E-state index in [1.165, 1.54) is 14.2 Å². The van der Waals surface area contributed by atoms with Gasteiger partial charge in [-0.15, -0.1) is 0 Å². The molecule has 1 aromatic carbocycles. The zero-order chi connectivity index (χ0) is 10.6. The van der Waals surface area contributed by atoms with Crippen LogP contribution in [-0.4, -0.2) is 20.2 Å². The van der Waals surface area contributed by atoms with E-state index in [-0.39, 0.29) is 0 Å². The van der Waals surface area contributed by atoms with Gasteiger partial charge in [-0.2, -0.15) is 0 Å². The average molecular weight is 192 g/mol. The molecule has 74 valence electrons. The number of ether oxygens (including phenoxy) is 2. The summed E-state index contributed by atoms with van der Waals surface area (Å²) in [5.74, 6) is 0.0756. The molecule has 0 aliphatic rings. The lowest BCUT2D eigenvalue weighted by molar-refractivity contribution is 0.0597. The molecule has 0 amide bonds. The third-order valence-corrected chi connectivity index (χ3v) is 1.89. The fourth-order valence-electron chi connectivity index (χ4n) is 1.21. The first-order chi connectivity index (χ1) is 6.74. The molecule has 1 aromatic rings. The number of esters is 1. The Balaban J connectivity index is 3.32. The van der Waals surface area contributed by atoms with Gasteiger partial charge in [-0.1, -0.05) is 24.8 Å². The molecule has 0 fully saturated rings. The van der Waals surface area contributed by atoms with Gasteiger partial charge in [-0.25, -0.2) is 4.79 Å². The summed E-state index contributed by atoms with van der Waals surface area (Å²) in [5.41, 5.74) is 1.11. The predicted octanol–water partition coefficient (Wildman–Crippen LogP) is 2.12. The Morgan fingerprint density at radius 2 is 2.14 bits per heavy atom. The third-order valence-electron chi connectivity index (χ3n) is 1.89. The summed E-state index contributed by atoms with van der Waals surface area (Å²) in [4.78, 5) is 11.4. The van der Waals surface area contributed by atoms with Crippen LogP contribution in [0.1, 0.15) is 15.9 Å². The van der Waals surface area contributed by atoms with Gasteiger partial charge in [0.25, 0.3) is 0 Å². The van der Waals surface area contributed by atoms with Crippen LogP contribution in [0.4, 0.5) is 0 Å². The molecule has 0 aliphatic carbocycles. The highest BCUT2D eigenvalue weighted by Crippen LogP contribution is 2.23. The normalized spacial score (nSPS) is 9.29. The van der Waals surface area contributed by atoms with Gasteiger partial charge in [0.05, 0.1) is 14.2 Å². The molecular weight excluding hydrogens is 180 g/mol. The lowest BCUT2D eigenvalue weighted by Crippen LogP contribution is -2.06. The number of hydrogen-bond donors (Lipinski definition) is 0. The van der Waals surface area contributed by atoms with Crippen molar-refractivity contribution in [3.8, 4) is 5.75 Å². The number of hydrogen-bond acceptors (Lipinski definition) is 3. The van der Waals surface area contributed by atoms with Crippen molar-refractivity contribution in [2.75, 3.05) is 14.2 Å². The van der Waals surface area contributed by atoms with Crippen LogP contribution < -0.4 is 4.74 Å². The van der Waals surface area contributed by atoms with E-state index in [1.54, 1.807) is 24.3 Å². The smallest absolute Gasteiger partial charge is 0.342 e. The minimum absolute atomic E-state index is 0.410. The van der Waals surface area contributed by atoms with Crippen molar-refractivity contribution in [1.82, 2.24) is 0 Å². The Kier molecular flexibility index (Phi) is 3.29. The summed E-state index contributed by atoms with van der Waals surface area (Å²) in [5, 5.41) is 0. The summed E-state index contributed by atoms with van der Waals surface area (Å²) >= 11 is 0. The van der Waals surface area contributed by atoms with E-state index in [0.29, 0.717) is 16.9 Å². The Hall–Kier alpha value is -1.77. The van der Waals surface area contributed by atoms with Gasteiger partial charge in [0.2, 0.25) is 0 Å². The summed E-state index contributed by atoms with van der Waals surface area (Å²) in [6.45, 7) is 3.62. The molecule has 14 heavy (non-hydrogen) atoms. The average Bonchev–Trinajstić information content (AvgIpc) is 2.26. The molecule has 0 atom stereocenters. The Bertz CT molecular complexity index is 356. The highest BCUT2D eigenvalue weighted by Gasteiger charge is 2.15. The molecule has 0 unspecified atom stereocenters. The van der Waals surface area contributed by atoms with Crippen molar-refractivity contribution < 1.29 is 14.3 Å². The van der Waals surface area contributed by atoms with E-state index >= 15 is 0 Å². The molecule has 0 radical (unpaired) electrons. The topological polar surface area (TPSA) is 35.5 Å². The van der Waals surface area contributed by atoms with Crippen LogP contribution in [0.15, 0.2) is 24.8 Å². The van der Waals surface area contributed by atoms with Gasteiger partial charge in [0, 0.05) is 0 Å². The number of rotatable bonds is 3. The molecule has 0 bridgehead atoms. The van der Waals surface area contributed by atoms with Crippen LogP contribution in [0.3, 0.4) is 0 Å². The molecule has 3 nitrogen and oxygen atoms in total. The van der Waals surface area contributed by atoms with Gasteiger partial charge >= 0.3 is 5.97 Å². The summed E-state index contributed by atoms with van der Waals surface area (Å²) in [6, 6.07) is 5.28. The Labute approximate surface area is 83.0 Å². The fourth-order valence-corrected chi connectivity index (χ4v) is 1.21. The second-order valence-corrected chi connectivity index (χ2v) is 2.62. The molecule has 0 spiro atoms. The van der Waals surface area contributed by atoms with E-state index in [0.717, 1.165) is 0 Å². The summed E-state index contributed by atoms with van der Waals surface area (Å²) < 4.78 is 9.72. The minimum atomic E-state index is -0.419.